The van der Waals surface area contributed by atoms with Crippen LogP contribution >= 0.6 is 11.3 Å². The fourth-order valence-electron chi connectivity index (χ4n) is 2.22. The van der Waals surface area contributed by atoms with E-state index in [4.69, 9.17) is 0 Å². The van der Waals surface area contributed by atoms with Gasteiger partial charge in [-0.05, 0) is 18.1 Å². The van der Waals surface area contributed by atoms with E-state index in [0.717, 1.165) is 23.8 Å². The van der Waals surface area contributed by atoms with Crippen LogP contribution in [0, 0.1) is 6.92 Å². The third kappa shape index (κ3) is 3.70. The highest BCUT2D eigenvalue weighted by molar-refractivity contribution is 7.15. The maximum atomic E-state index is 4.63. The van der Waals surface area contributed by atoms with Gasteiger partial charge in [-0.1, -0.05) is 60.7 Å². The summed E-state index contributed by atoms with van der Waals surface area (Å²) in [6, 6.07) is 20.9. The van der Waals surface area contributed by atoms with Gasteiger partial charge in [-0.3, -0.25) is 0 Å². The lowest BCUT2D eigenvalue weighted by molar-refractivity contribution is 1.10. The van der Waals surface area contributed by atoms with Crippen LogP contribution in [0.3, 0.4) is 0 Å². The number of anilines is 1. The predicted octanol–water partition coefficient (Wildman–Crippen LogP) is 4.65. The molecule has 0 radical (unpaired) electrons. The van der Waals surface area contributed by atoms with Crippen molar-refractivity contribution in [1.82, 2.24) is 4.98 Å². The standard InChI is InChI=1S/C18H18N2S/c1-14-17(12-15-8-4-2-5-9-15)21-18(20-14)19-13-16-10-6-3-7-11-16/h2-11H,12-13H2,1H3,(H,19,20). The second-order valence-electron chi connectivity index (χ2n) is 5.03. The SMILES string of the molecule is Cc1nc(NCc2ccccc2)sc1Cc1ccccc1. The van der Waals surface area contributed by atoms with Gasteiger partial charge < -0.3 is 5.32 Å². The lowest BCUT2D eigenvalue weighted by Gasteiger charge is -2.01. The van der Waals surface area contributed by atoms with E-state index >= 15 is 0 Å². The highest BCUT2D eigenvalue weighted by Crippen LogP contribution is 2.25. The quantitative estimate of drug-likeness (QED) is 0.740. The molecule has 1 aromatic heterocycles. The van der Waals surface area contributed by atoms with Crippen LogP contribution in [0.1, 0.15) is 21.7 Å². The van der Waals surface area contributed by atoms with E-state index in [1.807, 2.05) is 6.07 Å². The molecule has 3 heteroatoms. The molecule has 0 unspecified atom stereocenters. The van der Waals surface area contributed by atoms with Crippen LogP contribution in [0.25, 0.3) is 0 Å². The summed E-state index contributed by atoms with van der Waals surface area (Å²) in [6.07, 6.45) is 0.956. The fraction of sp³-hybridized carbons (Fsp3) is 0.167. The van der Waals surface area contributed by atoms with Crippen molar-refractivity contribution >= 4 is 16.5 Å². The minimum atomic E-state index is 0.818. The van der Waals surface area contributed by atoms with Gasteiger partial charge in [0.2, 0.25) is 0 Å². The van der Waals surface area contributed by atoms with E-state index in [0.29, 0.717) is 0 Å². The minimum absolute atomic E-state index is 0.818. The van der Waals surface area contributed by atoms with Crippen LogP contribution in [-0.2, 0) is 13.0 Å². The second kappa shape index (κ2) is 6.55. The smallest absolute Gasteiger partial charge is 0.183 e. The molecule has 21 heavy (non-hydrogen) atoms. The Hall–Kier alpha value is -2.13. The normalized spacial score (nSPS) is 10.5. The van der Waals surface area contributed by atoms with E-state index < -0.39 is 0 Å². The third-order valence-corrected chi connectivity index (χ3v) is 4.50. The molecule has 1 heterocycles. The summed E-state index contributed by atoms with van der Waals surface area (Å²) < 4.78 is 0. The van der Waals surface area contributed by atoms with Crippen LogP contribution in [0.5, 0.6) is 0 Å². The Morgan fingerprint density at radius 1 is 0.905 bits per heavy atom. The van der Waals surface area contributed by atoms with Gasteiger partial charge in [-0.2, -0.15) is 0 Å². The van der Waals surface area contributed by atoms with Gasteiger partial charge in [0.05, 0.1) is 5.69 Å². The number of rotatable bonds is 5. The zero-order chi connectivity index (χ0) is 14.5. The lowest BCUT2D eigenvalue weighted by atomic mass is 10.1. The summed E-state index contributed by atoms with van der Waals surface area (Å²) in [7, 11) is 0. The number of hydrogen-bond donors (Lipinski definition) is 1. The Balaban J connectivity index is 1.67. The number of nitrogens with zero attached hydrogens (tertiary/aromatic N) is 1. The van der Waals surface area contributed by atoms with Crippen LogP contribution in [-0.4, -0.2) is 4.98 Å². The highest BCUT2D eigenvalue weighted by atomic mass is 32.1. The van der Waals surface area contributed by atoms with E-state index in [1.165, 1.54) is 16.0 Å². The molecule has 0 aliphatic carbocycles. The molecule has 0 bridgehead atoms. The molecule has 106 valence electrons. The number of aromatic nitrogens is 1. The largest absolute Gasteiger partial charge is 0.357 e. The summed E-state index contributed by atoms with van der Waals surface area (Å²) in [5, 5.41) is 4.42. The molecule has 0 amide bonds. The Kier molecular flexibility index (Phi) is 4.31. The first-order valence-electron chi connectivity index (χ1n) is 7.09. The van der Waals surface area contributed by atoms with E-state index in [-0.39, 0.29) is 0 Å². The molecular weight excluding hydrogens is 276 g/mol. The highest BCUT2D eigenvalue weighted by Gasteiger charge is 2.08. The first-order chi connectivity index (χ1) is 10.3. The van der Waals surface area contributed by atoms with Gasteiger partial charge in [0.15, 0.2) is 5.13 Å². The molecule has 0 saturated heterocycles. The molecule has 3 aromatic rings. The molecule has 2 aromatic carbocycles. The molecule has 3 rings (SSSR count). The number of aryl methyl sites for hydroxylation is 1. The monoisotopic (exact) mass is 294 g/mol. The zero-order valence-electron chi connectivity index (χ0n) is 12.0. The van der Waals surface area contributed by atoms with Gasteiger partial charge in [-0.25, -0.2) is 4.98 Å². The Bertz CT molecular complexity index is 690. The van der Waals surface area contributed by atoms with Crippen molar-refractivity contribution in [3.8, 4) is 0 Å². The van der Waals surface area contributed by atoms with Gasteiger partial charge in [-0.15, -0.1) is 11.3 Å². The van der Waals surface area contributed by atoms with E-state index in [9.17, 15) is 0 Å². The molecule has 2 nitrogen and oxygen atoms in total. The summed E-state index contributed by atoms with van der Waals surface area (Å²) >= 11 is 1.75. The average molecular weight is 294 g/mol. The van der Waals surface area contributed by atoms with Crippen molar-refractivity contribution in [2.75, 3.05) is 5.32 Å². The molecule has 0 spiro atoms. The summed E-state index contributed by atoms with van der Waals surface area (Å²) in [6.45, 7) is 2.90. The van der Waals surface area contributed by atoms with E-state index in [1.54, 1.807) is 11.3 Å². The van der Waals surface area contributed by atoms with Crippen molar-refractivity contribution in [3.05, 3.63) is 82.4 Å². The van der Waals surface area contributed by atoms with Crippen LogP contribution in [0.2, 0.25) is 0 Å². The Labute approximate surface area is 129 Å². The van der Waals surface area contributed by atoms with Crippen molar-refractivity contribution in [3.63, 3.8) is 0 Å². The summed E-state index contributed by atoms with van der Waals surface area (Å²) in [4.78, 5) is 5.96. The summed E-state index contributed by atoms with van der Waals surface area (Å²) in [5.74, 6) is 0. The topological polar surface area (TPSA) is 24.9 Å². The van der Waals surface area contributed by atoms with Gasteiger partial charge in [0.1, 0.15) is 0 Å². The van der Waals surface area contributed by atoms with Crippen molar-refractivity contribution in [2.45, 2.75) is 19.9 Å². The van der Waals surface area contributed by atoms with Crippen LogP contribution in [0.15, 0.2) is 60.7 Å². The number of benzene rings is 2. The van der Waals surface area contributed by atoms with Crippen LogP contribution < -0.4 is 5.32 Å². The number of hydrogen-bond acceptors (Lipinski definition) is 3. The molecular formula is C18H18N2S. The third-order valence-electron chi connectivity index (χ3n) is 3.39. The number of nitrogens with one attached hydrogen (secondary N) is 1. The van der Waals surface area contributed by atoms with Crippen LogP contribution in [0.4, 0.5) is 5.13 Å². The van der Waals surface area contributed by atoms with E-state index in [2.05, 4.69) is 71.8 Å². The van der Waals surface area contributed by atoms with Crippen molar-refractivity contribution < 1.29 is 0 Å². The molecule has 0 fully saturated rings. The fourth-order valence-corrected chi connectivity index (χ4v) is 3.21. The molecule has 1 N–H and O–H groups in total. The first-order valence-corrected chi connectivity index (χ1v) is 7.91. The zero-order valence-corrected chi connectivity index (χ0v) is 12.9. The molecule has 0 atom stereocenters. The first kappa shape index (κ1) is 13.8. The minimum Gasteiger partial charge on any atom is -0.357 e. The molecule has 0 aliphatic heterocycles. The van der Waals surface area contributed by atoms with Gasteiger partial charge in [0.25, 0.3) is 0 Å². The van der Waals surface area contributed by atoms with Gasteiger partial charge in [0, 0.05) is 17.8 Å². The van der Waals surface area contributed by atoms with Gasteiger partial charge >= 0.3 is 0 Å². The predicted molar refractivity (Wildman–Crippen MR) is 89.9 cm³/mol. The molecule has 0 saturated carbocycles. The average Bonchev–Trinajstić information content (AvgIpc) is 2.87. The maximum Gasteiger partial charge on any atom is 0.183 e. The maximum absolute atomic E-state index is 4.63. The Morgan fingerprint density at radius 2 is 1.52 bits per heavy atom. The van der Waals surface area contributed by atoms with Crippen molar-refractivity contribution in [2.24, 2.45) is 0 Å². The Morgan fingerprint density at radius 3 is 2.19 bits per heavy atom. The summed E-state index contributed by atoms with van der Waals surface area (Å²) in [5.41, 5.74) is 3.73. The lowest BCUT2D eigenvalue weighted by Crippen LogP contribution is -1.98. The molecule has 0 aliphatic rings. The van der Waals surface area contributed by atoms with Crippen molar-refractivity contribution in [1.29, 1.82) is 0 Å². The number of thiazole rings is 1. The second-order valence-corrected chi connectivity index (χ2v) is 6.11.